The van der Waals surface area contributed by atoms with E-state index in [2.05, 4.69) is 19.2 Å². The van der Waals surface area contributed by atoms with Gasteiger partial charge in [0.05, 0.1) is 4.90 Å². The molecule has 0 spiro atoms. The number of amides is 1. The van der Waals surface area contributed by atoms with Crippen LogP contribution >= 0.6 is 0 Å². The summed E-state index contributed by atoms with van der Waals surface area (Å²) in [5.74, 6) is 0.161. The van der Waals surface area contributed by atoms with Crippen molar-refractivity contribution in [1.82, 2.24) is 4.31 Å². The van der Waals surface area contributed by atoms with Crippen molar-refractivity contribution in [3.8, 4) is 0 Å². The Bertz CT molecular complexity index is 917. The van der Waals surface area contributed by atoms with Crippen LogP contribution in [0.4, 0.5) is 5.69 Å². The van der Waals surface area contributed by atoms with E-state index in [4.69, 9.17) is 0 Å². The number of piperidine rings is 1. The van der Waals surface area contributed by atoms with Crippen LogP contribution in [0.1, 0.15) is 61.4 Å². The largest absolute Gasteiger partial charge is 0.322 e. The minimum atomic E-state index is -3.56. The molecule has 3 rings (SSSR count). The highest BCUT2D eigenvalue weighted by Crippen LogP contribution is 2.23. The van der Waals surface area contributed by atoms with Crippen LogP contribution in [0.25, 0.3) is 0 Å². The first-order valence-corrected chi connectivity index (χ1v) is 11.4. The average molecular weight is 401 g/mol. The molecule has 1 heterocycles. The van der Waals surface area contributed by atoms with Crippen LogP contribution in [0.3, 0.4) is 0 Å². The summed E-state index contributed by atoms with van der Waals surface area (Å²) < 4.78 is 27.2. The maximum absolute atomic E-state index is 12.8. The van der Waals surface area contributed by atoms with Gasteiger partial charge in [-0.05, 0) is 61.1 Å². The number of nitrogens with zero attached hydrogens (tertiary/aromatic N) is 1. The number of nitrogens with one attached hydrogen (secondary N) is 1. The van der Waals surface area contributed by atoms with Crippen molar-refractivity contribution in [2.75, 3.05) is 18.4 Å². The molecule has 2 aromatic carbocycles. The lowest BCUT2D eigenvalue weighted by atomic mass is 9.98. The molecule has 0 saturated carbocycles. The minimum absolute atomic E-state index is 0.175. The summed E-state index contributed by atoms with van der Waals surface area (Å²) in [7, 11) is -3.56. The van der Waals surface area contributed by atoms with E-state index >= 15 is 0 Å². The Morgan fingerprint density at radius 3 is 2.39 bits per heavy atom. The van der Waals surface area contributed by atoms with E-state index in [9.17, 15) is 13.2 Å². The first-order valence-electron chi connectivity index (χ1n) is 9.93. The van der Waals surface area contributed by atoms with Crippen molar-refractivity contribution in [2.45, 2.75) is 50.3 Å². The van der Waals surface area contributed by atoms with Gasteiger partial charge in [0.25, 0.3) is 5.91 Å². The normalized spacial score (nSPS) is 16.5. The predicted molar refractivity (Wildman–Crippen MR) is 112 cm³/mol. The number of carbonyl (C=O) groups is 1. The molecular weight excluding hydrogens is 372 g/mol. The molecule has 0 bridgehead atoms. The predicted octanol–water partition coefficient (Wildman–Crippen LogP) is 4.63. The summed E-state index contributed by atoms with van der Waals surface area (Å²) in [6.07, 6.45) is 3.88. The number of hydrogen-bond acceptors (Lipinski definition) is 3. The van der Waals surface area contributed by atoms with Crippen molar-refractivity contribution in [2.24, 2.45) is 0 Å². The van der Waals surface area contributed by atoms with Gasteiger partial charge in [0, 0.05) is 24.3 Å². The molecular formula is C22H28N2O3S. The van der Waals surface area contributed by atoms with E-state index in [-0.39, 0.29) is 10.8 Å². The smallest absolute Gasteiger partial charge is 0.255 e. The number of anilines is 1. The van der Waals surface area contributed by atoms with Crippen molar-refractivity contribution >= 4 is 21.6 Å². The Morgan fingerprint density at radius 2 is 1.75 bits per heavy atom. The summed E-state index contributed by atoms with van der Waals surface area (Å²) in [5.41, 5.74) is 2.26. The minimum Gasteiger partial charge on any atom is -0.322 e. The van der Waals surface area contributed by atoms with Crippen molar-refractivity contribution in [3.63, 3.8) is 0 Å². The zero-order valence-electron chi connectivity index (χ0n) is 16.5. The first-order chi connectivity index (χ1) is 13.4. The van der Waals surface area contributed by atoms with Gasteiger partial charge in [-0.1, -0.05) is 38.5 Å². The Kier molecular flexibility index (Phi) is 6.52. The molecule has 0 radical (unpaired) electrons. The molecule has 2 aromatic rings. The topological polar surface area (TPSA) is 66.5 Å². The number of rotatable bonds is 6. The van der Waals surface area contributed by atoms with E-state index in [1.165, 1.54) is 15.9 Å². The highest BCUT2D eigenvalue weighted by molar-refractivity contribution is 7.89. The van der Waals surface area contributed by atoms with E-state index < -0.39 is 10.0 Å². The third kappa shape index (κ3) is 4.62. The number of carbonyl (C=O) groups excluding carboxylic acids is 1. The lowest BCUT2D eigenvalue weighted by molar-refractivity contribution is 0.102. The van der Waals surface area contributed by atoms with Gasteiger partial charge in [-0.3, -0.25) is 4.79 Å². The van der Waals surface area contributed by atoms with Gasteiger partial charge in [-0.2, -0.15) is 4.31 Å². The molecule has 6 heteroatoms. The molecule has 1 aliphatic heterocycles. The first kappa shape index (κ1) is 20.6. The molecule has 0 aliphatic carbocycles. The third-order valence-electron chi connectivity index (χ3n) is 5.40. The Labute approximate surface area is 167 Å². The fourth-order valence-corrected chi connectivity index (χ4v) is 4.95. The fourth-order valence-electron chi connectivity index (χ4n) is 3.39. The number of hydrogen-bond donors (Lipinski definition) is 1. The van der Waals surface area contributed by atoms with Gasteiger partial charge in [-0.25, -0.2) is 8.42 Å². The van der Waals surface area contributed by atoms with E-state index in [1.807, 2.05) is 24.3 Å². The van der Waals surface area contributed by atoms with Crippen LogP contribution in [0.15, 0.2) is 53.4 Å². The summed E-state index contributed by atoms with van der Waals surface area (Å²) in [6, 6.07) is 14.1. The zero-order chi connectivity index (χ0) is 20.1. The second kappa shape index (κ2) is 8.88. The highest BCUT2D eigenvalue weighted by Gasteiger charge is 2.26. The molecule has 5 nitrogen and oxygen atoms in total. The van der Waals surface area contributed by atoms with Crippen molar-refractivity contribution in [1.29, 1.82) is 0 Å². The van der Waals surface area contributed by atoms with Crippen LogP contribution in [0, 0.1) is 0 Å². The Hall–Kier alpha value is -2.18. The monoisotopic (exact) mass is 400 g/mol. The van der Waals surface area contributed by atoms with Crippen molar-refractivity contribution < 1.29 is 13.2 Å². The van der Waals surface area contributed by atoms with E-state index in [0.29, 0.717) is 30.3 Å². The lowest BCUT2D eigenvalue weighted by Crippen LogP contribution is -2.35. The molecule has 1 amide bonds. The zero-order valence-corrected chi connectivity index (χ0v) is 17.3. The van der Waals surface area contributed by atoms with Crippen LogP contribution in [-0.4, -0.2) is 31.7 Å². The van der Waals surface area contributed by atoms with Gasteiger partial charge in [0.2, 0.25) is 10.0 Å². The molecule has 1 atom stereocenters. The molecule has 1 aliphatic rings. The summed E-state index contributed by atoms with van der Waals surface area (Å²) >= 11 is 0. The van der Waals surface area contributed by atoms with Gasteiger partial charge in [0.1, 0.15) is 0 Å². The number of sulfonamides is 1. The average Bonchev–Trinajstić information content (AvgIpc) is 2.74. The van der Waals surface area contributed by atoms with Crippen LogP contribution < -0.4 is 5.32 Å². The third-order valence-corrected chi connectivity index (χ3v) is 7.29. The molecule has 1 saturated heterocycles. The van der Waals surface area contributed by atoms with Crippen LogP contribution in [0.2, 0.25) is 0 Å². The summed E-state index contributed by atoms with van der Waals surface area (Å²) in [4.78, 5) is 12.8. The van der Waals surface area contributed by atoms with Crippen LogP contribution in [-0.2, 0) is 10.0 Å². The highest BCUT2D eigenvalue weighted by atomic mass is 32.2. The maximum Gasteiger partial charge on any atom is 0.255 e. The quantitative estimate of drug-likeness (QED) is 0.769. The molecule has 0 aromatic heterocycles. The standard InChI is InChI=1S/C22H28N2O3S/c1-3-17(2)18-10-12-20(13-11-18)23-22(25)19-8-7-9-21(16-19)28(26,27)24-14-5-4-6-15-24/h7-13,16-17H,3-6,14-15H2,1-2H3,(H,23,25)/t17-/m0/s1. The van der Waals surface area contributed by atoms with E-state index in [0.717, 1.165) is 25.7 Å². The molecule has 0 unspecified atom stereocenters. The molecule has 1 fully saturated rings. The maximum atomic E-state index is 12.8. The van der Waals surface area contributed by atoms with Gasteiger partial charge < -0.3 is 5.32 Å². The van der Waals surface area contributed by atoms with E-state index in [1.54, 1.807) is 18.2 Å². The van der Waals surface area contributed by atoms with Gasteiger partial charge in [0.15, 0.2) is 0 Å². The molecule has 1 N–H and O–H groups in total. The van der Waals surface area contributed by atoms with Crippen molar-refractivity contribution in [3.05, 3.63) is 59.7 Å². The SMILES string of the molecule is CC[C@H](C)c1ccc(NC(=O)c2cccc(S(=O)(=O)N3CCCCC3)c2)cc1. The molecule has 28 heavy (non-hydrogen) atoms. The fraction of sp³-hybridized carbons (Fsp3) is 0.409. The molecule has 150 valence electrons. The second-order valence-corrected chi connectivity index (χ2v) is 9.32. The number of benzene rings is 2. The van der Waals surface area contributed by atoms with Crippen LogP contribution in [0.5, 0.6) is 0 Å². The lowest BCUT2D eigenvalue weighted by Gasteiger charge is -2.26. The summed E-state index contributed by atoms with van der Waals surface area (Å²) in [5, 5.41) is 2.85. The van der Waals surface area contributed by atoms with Gasteiger partial charge in [-0.15, -0.1) is 0 Å². The van der Waals surface area contributed by atoms with Gasteiger partial charge >= 0.3 is 0 Å². The second-order valence-electron chi connectivity index (χ2n) is 7.38. The summed E-state index contributed by atoms with van der Waals surface area (Å²) in [6.45, 7) is 5.40. The Morgan fingerprint density at radius 1 is 1.07 bits per heavy atom. The Balaban J connectivity index is 1.75.